The summed E-state index contributed by atoms with van der Waals surface area (Å²) < 4.78 is 12.3. The SMILES string of the molecule is NC1N=CN(C[C@@H]2CCCO2)c2oc(-c3ccncc3)c(-c3ccccc3)c21. The number of hydrogen-bond donors (Lipinski definition) is 1. The highest BCUT2D eigenvalue weighted by atomic mass is 16.5. The van der Waals surface area contributed by atoms with Crippen molar-refractivity contribution in [3.63, 3.8) is 0 Å². The smallest absolute Gasteiger partial charge is 0.208 e. The minimum Gasteiger partial charge on any atom is -0.439 e. The first kappa shape index (κ1) is 17.2. The summed E-state index contributed by atoms with van der Waals surface area (Å²) in [5.74, 6) is 1.54. The number of aromatic nitrogens is 1. The van der Waals surface area contributed by atoms with Gasteiger partial charge in [0.15, 0.2) is 0 Å². The van der Waals surface area contributed by atoms with Crippen LogP contribution in [0.15, 0.2) is 64.3 Å². The van der Waals surface area contributed by atoms with Crippen LogP contribution in [-0.4, -0.2) is 30.6 Å². The molecule has 0 aliphatic carbocycles. The molecule has 2 N–H and O–H groups in total. The number of fused-ring (bicyclic) bond motifs is 1. The van der Waals surface area contributed by atoms with E-state index < -0.39 is 6.17 Å². The second kappa shape index (κ2) is 7.22. The summed E-state index contributed by atoms with van der Waals surface area (Å²) in [6, 6.07) is 14.1. The number of ether oxygens (including phenoxy) is 1. The van der Waals surface area contributed by atoms with Gasteiger partial charge in [-0.1, -0.05) is 30.3 Å². The largest absolute Gasteiger partial charge is 0.439 e. The highest BCUT2D eigenvalue weighted by Crippen LogP contribution is 2.46. The van der Waals surface area contributed by atoms with Crippen LogP contribution in [0.5, 0.6) is 0 Å². The van der Waals surface area contributed by atoms with Crippen molar-refractivity contribution in [3.05, 3.63) is 60.4 Å². The Labute approximate surface area is 163 Å². The predicted molar refractivity (Wildman–Crippen MR) is 109 cm³/mol. The van der Waals surface area contributed by atoms with Crippen molar-refractivity contribution in [1.82, 2.24) is 4.98 Å². The molecule has 2 aliphatic rings. The van der Waals surface area contributed by atoms with Crippen LogP contribution >= 0.6 is 0 Å². The first-order valence-corrected chi connectivity index (χ1v) is 9.61. The van der Waals surface area contributed by atoms with Gasteiger partial charge in [0.2, 0.25) is 5.88 Å². The third kappa shape index (κ3) is 3.00. The normalized spacial score (nSPS) is 21.1. The average molecular weight is 374 g/mol. The van der Waals surface area contributed by atoms with Crippen LogP contribution in [0.3, 0.4) is 0 Å². The van der Waals surface area contributed by atoms with Crippen LogP contribution in [0.2, 0.25) is 0 Å². The topological polar surface area (TPSA) is 76.9 Å². The maximum atomic E-state index is 6.44. The van der Waals surface area contributed by atoms with Gasteiger partial charge in [-0.15, -0.1) is 0 Å². The number of anilines is 1. The second-order valence-electron chi connectivity index (χ2n) is 7.12. The van der Waals surface area contributed by atoms with E-state index in [9.17, 15) is 0 Å². The molecular formula is C22H22N4O2. The lowest BCUT2D eigenvalue weighted by molar-refractivity contribution is 0.117. The van der Waals surface area contributed by atoms with Crippen molar-refractivity contribution in [1.29, 1.82) is 0 Å². The van der Waals surface area contributed by atoms with Gasteiger partial charge < -0.3 is 19.8 Å². The van der Waals surface area contributed by atoms with Crippen LogP contribution in [0.25, 0.3) is 22.5 Å². The van der Waals surface area contributed by atoms with E-state index in [0.29, 0.717) is 6.54 Å². The van der Waals surface area contributed by atoms with E-state index in [4.69, 9.17) is 14.9 Å². The van der Waals surface area contributed by atoms with E-state index in [1.54, 1.807) is 18.7 Å². The number of hydrogen-bond acceptors (Lipinski definition) is 6. The van der Waals surface area contributed by atoms with Crippen LogP contribution in [0.1, 0.15) is 24.6 Å². The summed E-state index contributed by atoms with van der Waals surface area (Å²) >= 11 is 0. The lowest BCUT2D eigenvalue weighted by Gasteiger charge is -2.26. The van der Waals surface area contributed by atoms with Crippen LogP contribution in [0, 0.1) is 0 Å². The lowest BCUT2D eigenvalue weighted by Crippen LogP contribution is -2.34. The number of benzene rings is 1. The molecule has 1 aromatic carbocycles. The zero-order valence-corrected chi connectivity index (χ0v) is 15.5. The zero-order chi connectivity index (χ0) is 18.9. The highest BCUT2D eigenvalue weighted by Gasteiger charge is 2.33. The van der Waals surface area contributed by atoms with Crippen LogP contribution < -0.4 is 10.6 Å². The van der Waals surface area contributed by atoms with Crippen molar-refractivity contribution in [2.24, 2.45) is 10.7 Å². The van der Waals surface area contributed by atoms with Gasteiger partial charge in [-0.25, -0.2) is 0 Å². The van der Waals surface area contributed by atoms with Crippen molar-refractivity contribution in [2.75, 3.05) is 18.1 Å². The first-order valence-electron chi connectivity index (χ1n) is 9.61. The number of nitrogens with two attached hydrogens (primary N) is 1. The molecule has 0 radical (unpaired) electrons. The molecule has 3 aromatic rings. The Kier molecular flexibility index (Phi) is 4.43. The van der Waals surface area contributed by atoms with Gasteiger partial charge in [-0.2, -0.15) is 0 Å². The summed E-state index contributed by atoms with van der Waals surface area (Å²) in [4.78, 5) is 10.7. The van der Waals surface area contributed by atoms with Crippen molar-refractivity contribution in [3.8, 4) is 22.5 Å². The Morgan fingerprint density at radius 1 is 1.07 bits per heavy atom. The molecular weight excluding hydrogens is 352 g/mol. The molecule has 1 fully saturated rings. The molecule has 2 atom stereocenters. The molecule has 4 heterocycles. The predicted octanol–water partition coefficient (Wildman–Crippen LogP) is 3.99. The minimum absolute atomic E-state index is 0.184. The van der Waals surface area contributed by atoms with E-state index in [2.05, 4.69) is 22.1 Å². The Balaban J connectivity index is 1.66. The van der Waals surface area contributed by atoms with Gasteiger partial charge in [0, 0.05) is 30.1 Å². The van der Waals surface area contributed by atoms with Gasteiger partial charge in [0.25, 0.3) is 0 Å². The fourth-order valence-electron chi connectivity index (χ4n) is 3.93. The molecule has 6 nitrogen and oxygen atoms in total. The van der Waals surface area contributed by atoms with E-state index >= 15 is 0 Å². The maximum Gasteiger partial charge on any atom is 0.208 e. The van der Waals surface area contributed by atoms with Crippen molar-refractivity contribution >= 4 is 12.2 Å². The molecule has 6 heteroatoms. The zero-order valence-electron chi connectivity index (χ0n) is 15.5. The summed E-state index contributed by atoms with van der Waals surface area (Å²) in [5.41, 5.74) is 10.3. The summed E-state index contributed by atoms with van der Waals surface area (Å²) in [6.07, 6.45) is 7.18. The van der Waals surface area contributed by atoms with Gasteiger partial charge in [-0.3, -0.25) is 9.98 Å². The lowest BCUT2D eigenvalue weighted by atomic mass is 9.96. The third-order valence-electron chi connectivity index (χ3n) is 5.28. The minimum atomic E-state index is -0.467. The molecule has 5 rings (SSSR count). The number of pyridine rings is 1. The van der Waals surface area contributed by atoms with Crippen LogP contribution in [0.4, 0.5) is 5.88 Å². The molecule has 0 amide bonds. The van der Waals surface area contributed by atoms with Crippen molar-refractivity contribution < 1.29 is 9.15 Å². The molecule has 0 bridgehead atoms. The number of rotatable bonds is 4. The van der Waals surface area contributed by atoms with Gasteiger partial charge >= 0.3 is 0 Å². The van der Waals surface area contributed by atoms with Gasteiger partial charge in [0.1, 0.15) is 11.9 Å². The van der Waals surface area contributed by atoms with E-state index in [1.165, 1.54) is 0 Å². The number of furan rings is 1. The Morgan fingerprint density at radius 2 is 1.89 bits per heavy atom. The van der Waals surface area contributed by atoms with E-state index in [0.717, 1.165) is 53.3 Å². The number of nitrogens with zero attached hydrogens (tertiary/aromatic N) is 3. The highest BCUT2D eigenvalue weighted by molar-refractivity contribution is 5.91. The Hall–Kier alpha value is -2.96. The maximum absolute atomic E-state index is 6.44. The Morgan fingerprint density at radius 3 is 2.64 bits per heavy atom. The van der Waals surface area contributed by atoms with E-state index in [1.807, 2.05) is 35.2 Å². The molecule has 2 aromatic heterocycles. The second-order valence-corrected chi connectivity index (χ2v) is 7.12. The van der Waals surface area contributed by atoms with E-state index in [-0.39, 0.29) is 6.10 Å². The fourth-order valence-corrected chi connectivity index (χ4v) is 3.93. The molecule has 28 heavy (non-hydrogen) atoms. The summed E-state index contributed by atoms with van der Waals surface area (Å²) in [5, 5.41) is 0. The summed E-state index contributed by atoms with van der Waals surface area (Å²) in [7, 11) is 0. The quantitative estimate of drug-likeness (QED) is 0.747. The summed E-state index contributed by atoms with van der Waals surface area (Å²) in [6.45, 7) is 1.53. The first-order chi connectivity index (χ1) is 13.8. The Bertz CT molecular complexity index is 979. The molecule has 0 spiro atoms. The van der Waals surface area contributed by atoms with Gasteiger partial charge in [-0.05, 0) is 30.5 Å². The molecule has 1 saturated heterocycles. The van der Waals surface area contributed by atoms with Gasteiger partial charge in [0.05, 0.1) is 24.6 Å². The average Bonchev–Trinajstić information content (AvgIpc) is 3.40. The standard InChI is InChI=1S/C22H22N4O2/c23-21-19-18(15-5-2-1-3-6-15)20(16-8-10-24-11-9-16)28-22(19)26(14-25-21)13-17-7-4-12-27-17/h1-3,5-6,8-11,14,17,21H,4,7,12-13,23H2/t17-,21?/m0/s1. The third-order valence-corrected chi connectivity index (χ3v) is 5.28. The molecule has 1 unspecified atom stereocenters. The fraction of sp³-hybridized carbons (Fsp3) is 0.273. The molecule has 0 saturated carbocycles. The molecule has 2 aliphatic heterocycles. The number of aliphatic imine (C=N–C) groups is 1. The van der Waals surface area contributed by atoms with Crippen molar-refractivity contribution in [2.45, 2.75) is 25.1 Å². The monoisotopic (exact) mass is 374 g/mol. The van der Waals surface area contributed by atoms with Crippen LogP contribution in [-0.2, 0) is 4.74 Å². The molecule has 142 valence electrons.